The number of hydrogen-bond acceptors (Lipinski definition) is 4. The van der Waals surface area contributed by atoms with Gasteiger partial charge in [-0.2, -0.15) is 18.2 Å². The van der Waals surface area contributed by atoms with Gasteiger partial charge in [0, 0.05) is 15.4 Å². The third kappa shape index (κ3) is 3.53. The molecule has 0 aliphatic carbocycles. The quantitative estimate of drug-likeness (QED) is 0.626. The van der Waals surface area contributed by atoms with Gasteiger partial charge in [-0.1, -0.05) is 41.2 Å². The summed E-state index contributed by atoms with van der Waals surface area (Å²) in [5, 5.41) is 3.33. The van der Waals surface area contributed by atoms with Crippen molar-refractivity contribution in [1.82, 2.24) is 10.1 Å². The number of alkyl halides is 3. The van der Waals surface area contributed by atoms with Crippen LogP contribution in [-0.4, -0.2) is 10.1 Å². The summed E-state index contributed by atoms with van der Waals surface area (Å²) in [5.74, 6) is -1.95. The van der Waals surface area contributed by atoms with E-state index in [0.717, 1.165) is 11.8 Å². The normalized spacial score (nSPS) is 11.7. The molecular weight excluding hydrogens is 332 g/mol. The minimum atomic E-state index is -4.69. The number of nitrogens with zero attached hydrogens (tertiary/aromatic N) is 2. The van der Waals surface area contributed by atoms with Crippen molar-refractivity contribution in [2.45, 2.75) is 16.0 Å². The number of halogens is 4. The van der Waals surface area contributed by atoms with Crippen molar-refractivity contribution >= 4 is 11.8 Å². The molecule has 8 heteroatoms. The van der Waals surface area contributed by atoms with E-state index in [-0.39, 0.29) is 11.6 Å². The smallest absolute Gasteiger partial charge is 0.329 e. The van der Waals surface area contributed by atoms with Crippen LogP contribution in [-0.2, 0) is 6.18 Å². The molecule has 1 aromatic heterocycles. The first-order valence-electron chi connectivity index (χ1n) is 6.37. The summed E-state index contributed by atoms with van der Waals surface area (Å²) in [6, 6.07) is 12.7. The van der Waals surface area contributed by atoms with Crippen LogP contribution in [0.15, 0.2) is 62.8 Å². The van der Waals surface area contributed by atoms with Crippen molar-refractivity contribution < 1.29 is 22.1 Å². The highest BCUT2D eigenvalue weighted by Gasteiger charge is 2.38. The van der Waals surface area contributed by atoms with Gasteiger partial charge in [-0.05, 0) is 24.3 Å². The molecule has 3 nitrogen and oxygen atoms in total. The number of benzene rings is 2. The fourth-order valence-electron chi connectivity index (χ4n) is 1.81. The van der Waals surface area contributed by atoms with Gasteiger partial charge in [0.15, 0.2) is 0 Å². The van der Waals surface area contributed by atoms with Gasteiger partial charge < -0.3 is 4.52 Å². The second kappa shape index (κ2) is 6.04. The molecule has 0 saturated heterocycles. The lowest BCUT2D eigenvalue weighted by Gasteiger charge is -2.04. The molecule has 0 amide bonds. The molecule has 23 heavy (non-hydrogen) atoms. The lowest BCUT2D eigenvalue weighted by Crippen LogP contribution is -2.04. The molecule has 2 aromatic carbocycles. The van der Waals surface area contributed by atoms with Crippen molar-refractivity contribution in [2.75, 3.05) is 0 Å². The van der Waals surface area contributed by atoms with Gasteiger partial charge in [-0.15, -0.1) is 0 Å². The Bertz CT molecular complexity index is 832. The molecule has 0 radical (unpaired) electrons. The Labute approximate surface area is 132 Å². The van der Waals surface area contributed by atoms with E-state index >= 15 is 0 Å². The summed E-state index contributed by atoms with van der Waals surface area (Å²) >= 11 is 1.15. The van der Waals surface area contributed by atoms with Gasteiger partial charge in [0.2, 0.25) is 5.82 Å². The highest BCUT2D eigenvalue weighted by Crippen LogP contribution is 2.33. The van der Waals surface area contributed by atoms with Gasteiger partial charge in [0.05, 0.1) is 0 Å². The van der Waals surface area contributed by atoms with E-state index in [1.807, 2.05) is 0 Å². The SMILES string of the molecule is Fc1ccccc1Sc1cccc(-c2noc(C(F)(F)F)n2)c1. The summed E-state index contributed by atoms with van der Waals surface area (Å²) in [6.07, 6.45) is -4.69. The van der Waals surface area contributed by atoms with E-state index in [4.69, 9.17) is 0 Å². The van der Waals surface area contributed by atoms with E-state index in [2.05, 4.69) is 14.7 Å². The zero-order valence-electron chi connectivity index (χ0n) is 11.3. The topological polar surface area (TPSA) is 38.9 Å². The standard InChI is InChI=1S/C15H8F4N2OS/c16-11-6-1-2-7-12(11)23-10-5-3-4-9(8-10)13-20-14(22-21-13)15(17,18)19/h1-8H. The molecule has 3 rings (SSSR count). The van der Waals surface area contributed by atoms with Crippen LogP contribution >= 0.6 is 11.8 Å². The van der Waals surface area contributed by atoms with Crippen molar-refractivity contribution in [3.05, 3.63) is 60.2 Å². The maximum atomic E-state index is 13.6. The average Bonchev–Trinajstić information content (AvgIpc) is 3.00. The lowest BCUT2D eigenvalue weighted by atomic mass is 10.2. The molecule has 118 valence electrons. The molecule has 0 saturated carbocycles. The Morgan fingerprint density at radius 2 is 1.78 bits per heavy atom. The van der Waals surface area contributed by atoms with Crippen molar-refractivity contribution in [3.8, 4) is 11.4 Å². The van der Waals surface area contributed by atoms with Crippen LogP contribution in [0.1, 0.15) is 5.89 Å². The summed E-state index contributed by atoms with van der Waals surface area (Å²) in [6.45, 7) is 0. The van der Waals surface area contributed by atoms with Crippen LogP contribution in [0.5, 0.6) is 0 Å². The Morgan fingerprint density at radius 3 is 2.48 bits per heavy atom. The van der Waals surface area contributed by atoms with E-state index in [9.17, 15) is 17.6 Å². The van der Waals surface area contributed by atoms with Gasteiger partial charge in [0.25, 0.3) is 0 Å². The maximum absolute atomic E-state index is 13.6. The Hall–Kier alpha value is -2.35. The molecule has 0 N–H and O–H groups in total. The fraction of sp³-hybridized carbons (Fsp3) is 0.0667. The van der Waals surface area contributed by atoms with Crippen LogP contribution in [0.25, 0.3) is 11.4 Å². The molecular formula is C15H8F4N2OS. The van der Waals surface area contributed by atoms with Crippen LogP contribution < -0.4 is 0 Å². The van der Waals surface area contributed by atoms with Gasteiger partial charge >= 0.3 is 12.1 Å². The summed E-state index contributed by atoms with van der Waals surface area (Å²) in [7, 11) is 0. The molecule has 0 aliphatic heterocycles. The molecule has 3 aromatic rings. The van der Waals surface area contributed by atoms with Crippen LogP contribution in [0.4, 0.5) is 17.6 Å². The predicted octanol–water partition coefficient (Wildman–Crippen LogP) is 5.05. The third-order valence-corrected chi connectivity index (χ3v) is 3.87. The second-order valence-corrected chi connectivity index (χ2v) is 5.60. The zero-order chi connectivity index (χ0) is 16.4. The Morgan fingerprint density at radius 1 is 1.00 bits per heavy atom. The van der Waals surface area contributed by atoms with Crippen molar-refractivity contribution in [3.63, 3.8) is 0 Å². The van der Waals surface area contributed by atoms with Crippen LogP contribution in [0.2, 0.25) is 0 Å². The molecule has 1 heterocycles. The van der Waals surface area contributed by atoms with Crippen molar-refractivity contribution in [2.24, 2.45) is 0 Å². The monoisotopic (exact) mass is 340 g/mol. The molecule has 0 aliphatic rings. The van der Waals surface area contributed by atoms with E-state index in [1.165, 1.54) is 6.07 Å². The first kappa shape index (κ1) is 15.5. The van der Waals surface area contributed by atoms with E-state index in [0.29, 0.717) is 15.4 Å². The molecule has 0 atom stereocenters. The third-order valence-electron chi connectivity index (χ3n) is 2.83. The average molecular weight is 340 g/mol. The first-order valence-corrected chi connectivity index (χ1v) is 7.19. The van der Waals surface area contributed by atoms with Crippen LogP contribution in [0.3, 0.4) is 0 Å². The summed E-state index contributed by atoms with van der Waals surface area (Å²) < 4.78 is 55.3. The molecule has 0 unspecified atom stereocenters. The maximum Gasteiger partial charge on any atom is 0.471 e. The predicted molar refractivity (Wildman–Crippen MR) is 75.3 cm³/mol. The highest BCUT2D eigenvalue weighted by molar-refractivity contribution is 7.99. The summed E-state index contributed by atoms with van der Waals surface area (Å²) in [4.78, 5) is 4.39. The van der Waals surface area contributed by atoms with Gasteiger partial charge in [0.1, 0.15) is 5.82 Å². The first-order chi connectivity index (χ1) is 10.9. The highest BCUT2D eigenvalue weighted by atomic mass is 32.2. The second-order valence-electron chi connectivity index (χ2n) is 4.48. The minimum Gasteiger partial charge on any atom is -0.329 e. The van der Waals surface area contributed by atoms with Crippen molar-refractivity contribution in [1.29, 1.82) is 0 Å². The Kier molecular flexibility index (Phi) is 4.08. The molecule has 0 fully saturated rings. The fourth-order valence-corrected chi connectivity index (χ4v) is 2.71. The summed E-state index contributed by atoms with van der Waals surface area (Å²) in [5.41, 5.74) is 0.352. The minimum absolute atomic E-state index is 0.173. The Balaban J connectivity index is 1.88. The lowest BCUT2D eigenvalue weighted by molar-refractivity contribution is -0.159. The number of rotatable bonds is 3. The largest absolute Gasteiger partial charge is 0.471 e. The van der Waals surface area contributed by atoms with Gasteiger partial charge in [-0.3, -0.25) is 0 Å². The molecule has 0 spiro atoms. The number of hydrogen-bond donors (Lipinski definition) is 0. The zero-order valence-corrected chi connectivity index (χ0v) is 12.2. The van der Waals surface area contributed by atoms with Gasteiger partial charge in [-0.25, -0.2) is 4.39 Å². The van der Waals surface area contributed by atoms with E-state index < -0.39 is 12.1 Å². The molecule has 0 bridgehead atoms. The van der Waals surface area contributed by atoms with Crippen LogP contribution in [0, 0.1) is 5.82 Å². The van der Waals surface area contributed by atoms with E-state index in [1.54, 1.807) is 42.5 Å². The number of aromatic nitrogens is 2.